The molecule has 0 fully saturated rings. The molecule has 1 aromatic carbocycles. The highest BCUT2D eigenvalue weighted by Gasteiger charge is 2.22. The van der Waals surface area contributed by atoms with Crippen LogP contribution >= 0.6 is 0 Å². The van der Waals surface area contributed by atoms with Gasteiger partial charge in [0.15, 0.2) is 0 Å². The fourth-order valence-corrected chi connectivity index (χ4v) is 1.62. The third-order valence-corrected chi connectivity index (χ3v) is 2.23. The van der Waals surface area contributed by atoms with Gasteiger partial charge in [0.05, 0.1) is 11.3 Å². The monoisotopic (exact) mass is 192 g/mol. The van der Waals surface area contributed by atoms with Crippen LogP contribution in [0, 0.1) is 17.0 Å². The number of non-ortho nitro benzene ring substituents is 1. The Morgan fingerprint density at radius 1 is 1.50 bits per heavy atom. The third kappa shape index (κ3) is 1.22. The van der Waals surface area contributed by atoms with Crippen molar-refractivity contribution in [2.45, 2.75) is 13.3 Å². The number of rotatable bonds is 1. The maximum absolute atomic E-state index is 11.1. The SMILES string of the molecule is Cc1cc([N+](=O)[O-])cc2c1NC(=O)C2. The fourth-order valence-electron chi connectivity index (χ4n) is 1.62. The van der Waals surface area contributed by atoms with E-state index in [0.29, 0.717) is 5.56 Å². The van der Waals surface area contributed by atoms with Gasteiger partial charge in [-0.2, -0.15) is 0 Å². The Hall–Kier alpha value is -1.91. The average molecular weight is 192 g/mol. The molecule has 5 nitrogen and oxygen atoms in total. The summed E-state index contributed by atoms with van der Waals surface area (Å²) >= 11 is 0. The number of fused-ring (bicyclic) bond motifs is 1. The minimum Gasteiger partial charge on any atom is -0.325 e. The molecule has 72 valence electrons. The van der Waals surface area contributed by atoms with Crippen molar-refractivity contribution in [3.8, 4) is 0 Å². The van der Waals surface area contributed by atoms with Gasteiger partial charge in [0, 0.05) is 17.8 Å². The van der Waals surface area contributed by atoms with Crippen molar-refractivity contribution >= 4 is 17.3 Å². The van der Waals surface area contributed by atoms with E-state index in [2.05, 4.69) is 5.32 Å². The van der Waals surface area contributed by atoms with Gasteiger partial charge in [-0.15, -0.1) is 0 Å². The molecular weight excluding hydrogens is 184 g/mol. The first-order chi connectivity index (χ1) is 6.58. The number of aryl methyl sites for hydroxylation is 1. The molecule has 1 aliphatic heterocycles. The minimum absolute atomic E-state index is 0.0396. The van der Waals surface area contributed by atoms with Crippen molar-refractivity contribution < 1.29 is 9.72 Å². The number of nitro benzene ring substituents is 1. The summed E-state index contributed by atoms with van der Waals surface area (Å²) < 4.78 is 0. The first kappa shape index (κ1) is 8.68. The van der Waals surface area contributed by atoms with E-state index in [4.69, 9.17) is 0 Å². The molecule has 0 radical (unpaired) electrons. The van der Waals surface area contributed by atoms with Gasteiger partial charge >= 0.3 is 0 Å². The summed E-state index contributed by atoms with van der Waals surface area (Å²) in [7, 11) is 0. The van der Waals surface area contributed by atoms with E-state index in [0.717, 1.165) is 11.3 Å². The molecule has 5 heteroatoms. The summed E-state index contributed by atoms with van der Waals surface area (Å²) in [5, 5.41) is 13.2. The lowest BCUT2D eigenvalue weighted by Gasteiger charge is -2.02. The molecule has 0 bridgehead atoms. The zero-order valence-corrected chi connectivity index (χ0v) is 7.53. The Morgan fingerprint density at radius 3 is 2.86 bits per heavy atom. The molecule has 0 aliphatic carbocycles. The molecule has 0 aromatic heterocycles. The van der Waals surface area contributed by atoms with Crippen molar-refractivity contribution in [1.29, 1.82) is 0 Å². The Labute approximate surface area is 79.9 Å². The van der Waals surface area contributed by atoms with E-state index in [1.165, 1.54) is 12.1 Å². The van der Waals surface area contributed by atoms with Crippen LogP contribution in [0.25, 0.3) is 0 Å². The van der Waals surface area contributed by atoms with Gasteiger partial charge in [0.1, 0.15) is 0 Å². The standard InChI is InChI=1S/C9H8N2O3/c1-5-2-7(11(13)14)3-6-4-8(12)10-9(5)6/h2-3H,4H2,1H3,(H,10,12). The topological polar surface area (TPSA) is 72.2 Å². The van der Waals surface area contributed by atoms with E-state index in [-0.39, 0.29) is 18.0 Å². The summed E-state index contributed by atoms with van der Waals surface area (Å²) in [6, 6.07) is 2.91. The van der Waals surface area contributed by atoms with Gasteiger partial charge < -0.3 is 5.32 Å². The highest BCUT2D eigenvalue weighted by atomic mass is 16.6. The first-order valence-electron chi connectivity index (χ1n) is 4.15. The Balaban J connectivity index is 2.56. The number of hydrogen-bond acceptors (Lipinski definition) is 3. The van der Waals surface area contributed by atoms with E-state index >= 15 is 0 Å². The van der Waals surface area contributed by atoms with E-state index in [1.54, 1.807) is 6.92 Å². The highest BCUT2D eigenvalue weighted by molar-refractivity contribution is 6.00. The number of amides is 1. The fraction of sp³-hybridized carbons (Fsp3) is 0.222. The van der Waals surface area contributed by atoms with Gasteiger partial charge in [-0.3, -0.25) is 14.9 Å². The van der Waals surface area contributed by atoms with Crippen LogP contribution in [0.2, 0.25) is 0 Å². The molecule has 1 N–H and O–H groups in total. The Kier molecular flexibility index (Phi) is 1.73. The van der Waals surface area contributed by atoms with Crippen molar-refractivity contribution in [3.05, 3.63) is 33.4 Å². The predicted octanol–water partition coefficient (Wildman–Crippen LogP) is 1.40. The normalized spacial score (nSPS) is 13.6. The second-order valence-electron chi connectivity index (χ2n) is 3.28. The number of anilines is 1. The number of nitrogens with one attached hydrogen (secondary N) is 1. The molecular formula is C9H8N2O3. The van der Waals surface area contributed by atoms with Crippen LogP contribution in [0.4, 0.5) is 11.4 Å². The lowest BCUT2D eigenvalue weighted by Crippen LogP contribution is -2.04. The number of carbonyl (C=O) groups is 1. The van der Waals surface area contributed by atoms with Crippen LogP contribution in [0.1, 0.15) is 11.1 Å². The van der Waals surface area contributed by atoms with Crippen LogP contribution in [-0.2, 0) is 11.2 Å². The van der Waals surface area contributed by atoms with E-state index < -0.39 is 4.92 Å². The summed E-state index contributed by atoms with van der Waals surface area (Å²) in [6.45, 7) is 1.75. The maximum atomic E-state index is 11.1. The molecule has 14 heavy (non-hydrogen) atoms. The molecule has 1 aliphatic rings. The van der Waals surface area contributed by atoms with Gasteiger partial charge in [0.25, 0.3) is 5.69 Å². The average Bonchev–Trinajstić information content (AvgIpc) is 2.45. The zero-order chi connectivity index (χ0) is 10.3. The quantitative estimate of drug-likeness (QED) is 0.539. The van der Waals surface area contributed by atoms with Crippen LogP contribution in [-0.4, -0.2) is 10.8 Å². The molecule has 1 amide bonds. The number of benzene rings is 1. The van der Waals surface area contributed by atoms with Gasteiger partial charge in [-0.25, -0.2) is 0 Å². The van der Waals surface area contributed by atoms with Crippen LogP contribution in [0.5, 0.6) is 0 Å². The maximum Gasteiger partial charge on any atom is 0.270 e. The molecule has 1 heterocycles. The van der Waals surface area contributed by atoms with Gasteiger partial charge in [-0.05, 0) is 18.1 Å². The summed E-state index contributed by atoms with van der Waals surface area (Å²) in [5.74, 6) is -0.108. The van der Waals surface area contributed by atoms with Gasteiger partial charge in [-0.1, -0.05) is 0 Å². The van der Waals surface area contributed by atoms with Gasteiger partial charge in [0.2, 0.25) is 5.91 Å². The smallest absolute Gasteiger partial charge is 0.270 e. The molecule has 0 saturated carbocycles. The molecule has 0 unspecified atom stereocenters. The largest absolute Gasteiger partial charge is 0.325 e. The second-order valence-corrected chi connectivity index (χ2v) is 3.28. The van der Waals surface area contributed by atoms with Crippen molar-refractivity contribution in [2.75, 3.05) is 5.32 Å². The summed E-state index contributed by atoms with van der Waals surface area (Å²) in [6.07, 6.45) is 0.234. The molecule has 0 spiro atoms. The number of nitro groups is 1. The van der Waals surface area contributed by atoms with Crippen molar-refractivity contribution in [3.63, 3.8) is 0 Å². The lowest BCUT2D eigenvalue weighted by molar-refractivity contribution is -0.384. The van der Waals surface area contributed by atoms with Crippen molar-refractivity contribution in [2.24, 2.45) is 0 Å². The van der Waals surface area contributed by atoms with E-state index in [9.17, 15) is 14.9 Å². The Bertz CT molecular complexity index is 440. The van der Waals surface area contributed by atoms with Crippen LogP contribution in [0.3, 0.4) is 0 Å². The lowest BCUT2D eigenvalue weighted by atomic mass is 10.1. The Morgan fingerprint density at radius 2 is 2.21 bits per heavy atom. The highest BCUT2D eigenvalue weighted by Crippen LogP contribution is 2.30. The number of carbonyl (C=O) groups excluding carboxylic acids is 1. The molecule has 2 rings (SSSR count). The third-order valence-electron chi connectivity index (χ3n) is 2.23. The summed E-state index contributed by atoms with van der Waals surface area (Å²) in [4.78, 5) is 21.1. The van der Waals surface area contributed by atoms with E-state index in [1.807, 2.05) is 0 Å². The second kappa shape index (κ2) is 2.80. The molecule has 0 saturated heterocycles. The minimum atomic E-state index is -0.448. The van der Waals surface area contributed by atoms with Crippen molar-refractivity contribution in [1.82, 2.24) is 0 Å². The van der Waals surface area contributed by atoms with Crippen LogP contribution < -0.4 is 5.32 Å². The predicted molar refractivity (Wildman–Crippen MR) is 50.2 cm³/mol. The molecule has 0 atom stereocenters. The number of hydrogen-bond donors (Lipinski definition) is 1. The summed E-state index contributed by atoms with van der Waals surface area (Å²) in [5.41, 5.74) is 2.21. The first-order valence-corrected chi connectivity index (χ1v) is 4.15. The zero-order valence-electron chi connectivity index (χ0n) is 7.53. The molecule has 1 aromatic rings. The number of nitrogens with zero attached hydrogens (tertiary/aromatic N) is 1. The van der Waals surface area contributed by atoms with Crippen LogP contribution in [0.15, 0.2) is 12.1 Å².